The summed E-state index contributed by atoms with van der Waals surface area (Å²) in [5.74, 6) is -0.0936. The first-order valence-corrected chi connectivity index (χ1v) is 6.39. The molecule has 0 aliphatic carbocycles. The van der Waals surface area contributed by atoms with Crippen LogP contribution in [0.1, 0.15) is 20.3 Å². The number of carbonyl (C=O) groups is 1. The molecule has 2 N–H and O–H groups in total. The maximum Gasteiger partial charge on any atom is 0.306 e. The first-order valence-electron chi connectivity index (χ1n) is 5.13. The predicted molar refractivity (Wildman–Crippen MR) is 68.0 cm³/mol. The van der Waals surface area contributed by atoms with Crippen molar-refractivity contribution in [3.63, 3.8) is 0 Å². The van der Waals surface area contributed by atoms with Crippen LogP contribution >= 0.6 is 23.4 Å². The molecule has 0 aromatic carbocycles. The number of nitrogen functional groups attached to an aromatic ring is 1. The molecule has 0 aliphatic rings. The van der Waals surface area contributed by atoms with E-state index in [-0.39, 0.29) is 17.2 Å². The molecule has 5 nitrogen and oxygen atoms in total. The van der Waals surface area contributed by atoms with E-state index < -0.39 is 0 Å². The molecule has 1 rings (SSSR count). The summed E-state index contributed by atoms with van der Waals surface area (Å²) in [5.41, 5.74) is 5.47. The zero-order valence-corrected chi connectivity index (χ0v) is 11.2. The second-order valence-corrected chi connectivity index (χ2v) is 5.17. The van der Waals surface area contributed by atoms with Gasteiger partial charge in [-0.05, 0) is 6.92 Å². The van der Waals surface area contributed by atoms with Gasteiger partial charge in [-0.25, -0.2) is 9.97 Å². The first-order chi connectivity index (χ1) is 8.01. The summed E-state index contributed by atoms with van der Waals surface area (Å²) >= 11 is 7.16. The maximum atomic E-state index is 11.3. The van der Waals surface area contributed by atoms with Crippen LogP contribution in [0.15, 0.2) is 11.1 Å². The molecule has 1 aromatic rings. The van der Waals surface area contributed by atoms with Gasteiger partial charge in [-0.1, -0.05) is 18.5 Å². The van der Waals surface area contributed by atoms with Gasteiger partial charge in [-0.15, -0.1) is 11.8 Å². The number of hydrogen-bond donors (Lipinski definition) is 1. The molecule has 7 heteroatoms. The zero-order chi connectivity index (χ0) is 12.8. The third-order valence-corrected chi connectivity index (χ3v) is 2.98. The number of carbonyl (C=O) groups excluding carboxylic acids is 1. The van der Waals surface area contributed by atoms with Crippen LogP contribution in [0.5, 0.6) is 0 Å². The van der Waals surface area contributed by atoms with Crippen molar-refractivity contribution in [2.24, 2.45) is 0 Å². The van der Waals surface area contributed by atoms with Crippen molar-refractivity contribution in [3.05, 3.63) is 11.2 Å². The Labute approximate surface area is 109 Å². The van der Waals surface area contributed by atoms with Crippen molar-refractivity contribution < 1.29 is 9.53 Å². The minimum atomic E-state index is -0.222. The Morgan fingerprint density at radius 2 is 2.35 bits per heavy atom. The van der Waals surface area contributed by atoms with Gasteiger partial charge >= 0.3 is 5.97 Å². The number of thioether (sulfide) groups is 1. The highest BCUT2D eigenvalue weighted by Gasteiger charge is 2.13. The van der Waals surface area contributed by atoms with Crippen LogP contribution in [0.2, 0.25) is 5.15 Å². The number of hydrogen-bond acceptors (Lipinski definition) is 6. The van der Waals surface area contributed by atoms with Gasteiger partial charge in [-0.3, -0.25) is 4.79 Å². The molecule has 1 aromatic heterocycles. The van der Waals surface area contributed by atoms with Crippen LogP contribution in [-0.2, 0) is 9.53 Å². The summed E-state index contributed by atoms with van der Waals surface area (Å²) in [7, 11) is 0. The molecule has 0 radical (unpaired) electrons. The molecule has 1 heterocycles. The molecule has 0 amide bonds. The molecule has 0 bridgehead atoms. The Morgan fingerprint density at radius 1 is 1.65 bits per heavy atom. The summed E-state index contributed by atoms with van der Waals surface area (Å²) in [6, 6.07) is 1.62. The van der Waals surface area contributed by atoms with Crippen molar-refractivity contribution in [1.29, 1.82) is 0 Å². The summed E-state index contributed by atoms with van der Waals surface area (Å²) in [6.07, 6.45) is 0.319. The number of ether oxygens (including phenoxy) is 1. The Morgan fingerprint density at radius 3 is 2.94 bits per heavy atom. The minimum Gasteiger partial charge on any atom is -0.466 e. The van der Waals surface area contributed by atoms with Crippen molar-refractivity contribution in [2.45, 2.75) is 30.5 Å². The minimum absolute atomic E-state index is 0.0411. The van der Waals surface area contributed by atoms with Gasteiger partial charge in [0.25, 0.3) is 0 Å². The Kier molecular flexibility index (Phi) is 5.50. The van der Waals surface area contributed by atoms with Gasteiger partial charge in [0, 0.05) is 11.3 Å². The van der Waals surface area contributed by atoms with Crippen LogP contribution in [0, 0.1) is 0 Å². The lowest BCUT2D eigenvalue weighted by molar-refractivity contribution is -0.142. The molecule has 0 spiro atoms. The lowest BCUT2D eigenvalue weighted by atomic mass is 10.3. The van der Waals surface area contributed by atoms with Crippen LogP contribution in [0.25, 0.3) is 0 Å². The quantitative estimate of drug-likeness (QED) is 0.504. The zero-order valence-electron chi connectivity index (χ0n) is 9.64. The fourth-order valence-electron chi connectivity index (χ4n) is 1.18. The van der Waals surface area contributed by atoms with Gasteiger partial charge in [0.15, 0.2) is 0 Å². The van der Waals surface area contributed by atoms with E-state index in [1.54, 1.807) is 13.0 Å². The van der Waals surface area contributed by atoms with Gasteiger partial charge in [0.2, 0.25) is 5.95 Å². The van der Waals surface area contributed by atoms with E-state index >= 15 is 0 Å². The van der Waals surface area contributed by atoms with Gasteiger partial charge in [0.05, 0.1) is 13.0 Å². The van der Waals surface area contributed by atoms with Crippen LogP contribution in [0.3, 0.4) is 0 Å². The standard InChI is InChI=1S/C10H14ClN3O2S/c1-3-16-9(15)4-6(2)17-8-5-7(11)13-10(12)14-8/h5-6H,3-4H2,1-2H3,(H2,12,13,14). The molecular formula is C10H14ClN3O2S. The van der Waals surface area contributed by atoms with Crippen molar-refractivity contribution in [1.82, 2.24) is 9.97 Å². The monoisotopic (exact) mass is 275 g/mol. The summed E-state index contributed by atoms with van der Waals surface area (Å²) < 4.78 is 4.86. The van der Waals surface area contributed by atoms with E-state index in [0.29, 0.717) is 23.2 Å². The highest BCUT2D eigenvalue weighted by atomic mass is 35.5. The summed E-state index contributed by atoms with van der Waals surface area (Å²) in [4.78, 5) is 19.0. The fraction of sp³-hybridized carbons (Fsp3) is 0.500. The van der Waals surface area contributed by atoms with Gasteiger partial charge in [0.1, 0.15) is 10.2 Å². The predicted octanol–water partition coefficient (Wildman–Crippen LogP) is 2.15. The van der Waals surface area contributed by atoms with E-state index in [1.165, 1.54) is 11.8 Å². The van der Waals surface area contributed by atoms with E-state index in [2.05, 4.69) is 9.97 Å². The number of nitrogens with zero attached hydrogens (tertiary/aromatic N) is 2. The number of aromatic nitrogens is 2. The SMILES string of the molecule is CCOC(=O)CC(C)Sc1cc(Cl)nc(N)n1. The topological polar surface area (TPSA) is 78.1 Å². The molecule has 0 fully saturated rings. The second kappa shape index (κ2) is 6.66. The highest BCUT2D eigenvalue weighted by molar-refractivity contribution is 7.99. The average Bonchev–Trinajstić information content (AvgIpc) is 2.14. The van der Waals surface area contributed by atoms with E-state index in [9.17, 15) is 4.79 Å². The largest absolute Gasteiger partial charge is 0.466 e. The van der Waals surface area contributed by atoms with Gasteiger partial charge in [-0.2, -0.15) is 0 Å². The smallest absolute Gasteiger partial charge is 0.306 e. The van der Waals surface area contributed by atoms with Crippen molar-refractivity contribution in [2.75, 3.05) is 12.3 Å². The molecule has 17 heavy (non-hydrogen) atoms. The lowest BCUT2D eigenvalue weighted by Gasteiger charge is -2.09. The van der Waals surface area contributed by atoms with E-state index in [0.717, 1.165) is 0 Å². The lowest BCUT2D eigenvalue weighted by Crippen LogP contribution is -2.11. The number of nitrogens with two attached hydrogens (primary N) is 1. The van der Waals surface area contributed by atoms with Crippen LogP contribution in [-0.4, -0.2) is 27.8 Å². The van der Waals surface area contributed by atoms with Crippen molar-refractivity contribution >= 4 is 35.3 Å². The molecule has 0 aliphatic heterocycles. The van der Waals surface area contributed by atoms with Gasteiger partial charge < -0.3 is 10.5 Å². The van der Waals surface area contributed by atoms with E-state index in [4.69, 9.17) is 22.1 Å². The Bertz CT molecular complexity index is 383. The number of halogens is 1. The number of anilines is 1. The number of rotatable bonds is 5. The second-order valence-electron chi connectivity index (χ2n) is 3.32. The summed E-state index contributed by atoms with van der Waals surface area (Å²) in [5, 5.41) is 0.988. The van der Waals surface area contributed by atoms with Crippen LogP contribution < -0.4 is 5.73 Å². The first kappa shape index (κ1) is 14.1. The third kappa shape index (κ3) is 5.23. The maximum absolute atomic E-state index is 11.3. The van der Waals surface area contributed by atoms with Crippen molar-refractivity contribution in [3.8, 4) is 0 Å². The molecule has 1 unspecified atom stereocenters. The Balaban J connectivity index is 2.55. The number of esters is 1. The molecule has 0 saturated heterocycles. The average molecular weight is 276 g/mol. The normalized spacial score (nSPS) is 12.2. The summed E-state index contributed by atoms with van der Waals surface area (Å²) in [6.45, 7) is 4.08. The van der Waals surface area contributed by atoms with E-state index in [1.807, 2.05) is 6.92 Å². The molecule has 94 valence electrons. The third-order valence-electron chi connectivity index (χ3n) is 1.77. The Hall–Kier alpha value is -1.01. The van der Waals surface area contributed by atoms with Crippen LogP contribution in [0.4, 0.5) is 5.95 Å². The fourth-order valence-corrected chi connectivity index (χ4v) is 2.39. The molecular weight excluding hydrogens is 262 g/mol. The molecule has 0 saturated carbocycles. The molecule has 1 atom stereocenters. The highest BCUT2D eigenvalue weighted by Crippen LogP contribution is 2.25.